The van der Waals surface area contributed by atoms with Crippen LogP contribution in [0.4, 0.5) is 5.82 Å². The molecule has 0 fully saturated rings. The monoisotopic (exact) mass is 277 g/mol. The minimum atomic E-state index is -1.06. The molecule has 0 amide bonds. The van der Waals surface area contributed by atoms with Crippen LogP contribution >= 0.6 is 11.6 Å². The number of carbonyl (C=O) groups is 1. The number of carboxylic acid groups (broad SMARTS) is 1. The standard InChI is InChI=1S/C13H12ClN3O2/c1-17(2)12-9(13(18)19)7-15-11(16-12)8-5-3-4-6-10(8)14/h3-7H,1-2H3,(H,18,19). The third-order valence-corrected chi connectivity index (χ3v) is 2.87. The van der Waals surface area contributed by atoms with E-state index in [2.05, 4.69) is 9.97 Å². The van der Waals surface area contributed by atoms with Crippen molar-refractivity contribution in [3.8, 4) is 11.4 Å². The Morgan fingerprint density at radius 1 is 1.32 bits per heavy atom. The molecule has 0 radical (unpaired) electrons. The number of aromatic nitrogens is 2. The van der Waals surface area contributed by atoms with Gasteiger partial charge in [-0.3, -0.25) is 0 Å². The Balaban J connectivity index is 2.59. The average Bonchev–Trinajstić information content (AvgIpc) is 2.38. The van der Waals surface area contributed by atoms with Crippen LogP contribution < -0.4 is 4.90 Å². The quantitative estimate of drug-likeness (QED) is 0.934. The zero-order chi connectivity index (χ0) is 14.0. The highest BCUT2D eigenvalue weighted by Gasteiger charge is 2.16. The van der Waals surface area contributed by atoms with Gasteiger partial charge in [0.15, 0.2) is 5.82 Å². The maximum Gasteiger partial charge on any atom is 0.341 e. The van der Waals surface area contributed by atoms with Crippen molar-refractivity contribution in [1.29, 1.82) is 0 Å². The van der Waals surface area contributed by atoms with Crippen LogP contribution in [-0.4, -0.2) is 35.1 Å². The molecular weight excluding hydrogens is 266 g/mol. The Bertz CT molecular complexity index is 629. The van der Waals surface area contributed by atoms with Crippen LogP contribution in [0, 0.1) is 0 Å². The van der Waals surface area contributed by atoms with Gasteiger partial charge in [0.05, 0.1) is 5.02 Å². The summed E-state index contributed by atoms with van der Waals surface area (Å²) in [5.74, 6) is -0.314. The maximum absolute atomic E-state index is 11.1. The summed E-state index contributed by atoms with van der Waals surface area (Å²) >= 11 is 6.08. The molecule has 0 bridgehead atoms. The molecule has 98 valence electrons. The molecule has 19 heavy (non-hydrogen) atoms. The summed E-state index contributed by atoms with van der Waals surface area (Å²) in [4.78, 5) is 21.1. The molecule has 0 aliphatic rings. The summed E-state index contributed by atoms with van der Waals surface area (Å²) < 4.78 is 0. The van der Waals surface area contributed by atoms with E-state index in [0.717, 1.165) is 0 Å². The van der Waals surface area contributed by atoms with Crippen molar-refractivity contribution in [2.45, 2.75) is 0 Å². The first-order valence-corrected chi connectivity index (χ1v) is 5.91. The fraction of sp³-hybridized carbons (Fsp3) is 0.154. The number of rotatable bonds is 3. The number of hydrogen-bond donors (Lipinski definition) is 1. The lowest BCUT2D eigenvalue weighted by atomic mass is 10.2. The number of benzene rings is 1. The van der Waals surface area contributed by atoms with Crippen molar-refractivity contribution in [2.75, 3.05) is 19.0 Å². The van der Waals surface area contributed by atoms with Gasteiger partial charge in [-0.15, -0.1) is 0 Å². The van der Waals surface area contributed by atoms with Crippen molar-refractivity contribution < 1.29 is 9.90 Å². The van der Waals surface area contributed by atoms with Gasteiger partial charge in [0.1, 0.15) is 11.4 Å². The summed E-state index contributed by atoms with van der Waals surface area (Å²) in [7, 11) is 3.45. The van der Waals surface area contributed by atoms with Gasteiger partial charge in [-0.2, -0.15) is 0 Å². The molecule has 5 nitrogen and oxygen atoms in total. The SMILES string of the molecule is CN(C)c1nc(-c2ccccc2Cl)ncc1C(=O)O. The van der Waals surface area contributed by atoms with E-state index in [1.807, 2.05) is 12.1 Å². The van der Waals surface area contributed by atoms with Crippen LogP contribution in [0.25, 0.3) is 11.4 Å². The molecule has 0 aliphatic heterocycles. The lowest BCUT2D eigenvalue weighted by Crippen LogP contribution is -2.16. The highest BCUT2D eigenvalue weighted by atomic mass is 35.5. The van der Waals surface area contributed by atoms with E-state index in [4.69, 9.17) is 16.7 Å². The van der Waals surface area contributed by atoms with Crippen LogP contribution in [0.1, 0.15) is 10.4 Å². The van der Waals surface area contributed by atoms with E-state index in [1.54, 1.807) is 31.1 Å². The van der Waals surface area contributed by atoms with Crippen LogP contribution in [0.5, 0.6) is 0 Å². The second-order valence-corrected chi connectivity index (χ2v) is 4.52. The van der Waals surface area contributed by atoms with Crippen molar-refractivity contribution in [2.24, 2.45) is 0 Å². The summed E-state index contributed by atoms with van der Waals surface area (Å²) in [5, 5.41) is 9.62. The van der Waals surface area contributed by atoms with E-state index in [0.29, 0.717) is 22.2 Å². The molecule has 0 saturated heterocycles. The summed E-state index contributed by atoms with van der Waals surface area (Å²) in [6.07, 6.45) is 1.29. The van der Waals surface area contributed by atoms with Gasteiger partial charge >= 0.3 is 5.97 Å². The molecule has 0 saturated carbocycles. The molecule has 0 aliphatic carbocycles. The Labute approximate surface area is 115 Å². The number of hydrogen-bond acceptors (Lipinski definition) is 4. The summed E-state index contributed by atoms with van der Waals surface area (Å²) in [6, 6.07) is 7.16. The number of carboxylic acids is 1. The van der Waals surface area contributed by atoms with E-state index in [-0.39, 0.29) is 5.56 Å². The first-order chi connectivity index (χ1) is 9.00. The van der Waals surface area contributed by atoms with Crippen LogP contribution in [0.3, 0.4) is 0 Å². The van der Waals surface area contributed by atoms with E-state index in [1.165, 1.54) is 6.20 Å². The smallest absolute Gasteiger partial charge is 0.341 e. The fourth-order valence-electron chi connectivity index (χ4n) is 1.64. The number of anilines is 1. The molecule has 0 spiro atoms. The zero-order valence-electron chi connectivity index (χ0n) is 10.5. The Kier molecular flexibility index (Phi) is 3.66. The van der Waals surface area contributed by atoms with Crippen molar-refractivity contribution >= 4 is 23.4 Å². The molecule has 6 heteroatoms. The van der Waals surface area contributed by atoms with E-state index < -0.39 is 5.97 Å². The molecule has 0 atom stereocenters. The van der Waals surface area contributed by atoms with Crippen LogP contribution in [-0.2, 0) is 0 Å². The maximum atomic E-state index is 11.1. The van der Waals surface area contributed by atoms with Gasteiger partial charge < -0.3 is 10.0 Å². The molecule has 2 aromatic rings. The summed E-state index contributed by atoms with van der Waals surface area (Å²) in [6.45, 7) is 0. The number of halogens is 1. The first kappa shape index (κ1) is 13.3. The lowest BCUT2D eigenvalue weighted by molar-refractivity contribution is 0.0697. The molecule has 1 heterocycles. The van der Waals surface area contributed by atoms with Crippen molar-refractivity contribution in [1.82, 2.24) is 9.97 Å². The van der Waals surface area contributed by atoms with Crippen LogP contribution in [0.2, 0.25) is 5.02 Å². The Morgan fingerprint density at radius 3 is 2.58 bits per heavy atom. The van der Waals surface area contributed by atoms with Crippen LogP contribution in [0.15, 0.2) is 30.5 Å². The van der Waals surface area contributed by atoms with Gasteiger partial charge in [0, 0.05) is 25.9 Å². The van der Waals surface area contributed by atoms with Gasteiger partial charge in [0.25, 0.3) is 0 Å². The third-order valence-electron chi connectivity index (χ3n) is 2.54. The molecule has 1 N–H and O–H groups in total. The van der Waals surface area contributed by atoms with Gasteiger partial charge in [-0.25, -0.2) is 14.8 Å². The Hall–Kier alpha value is -2.14. The second-order valence-electron chi connectivity index (χ2n) is 4.11. The van der Waals surface area contributed by atoms with Gasteiger partial charge in [-0.05, 0) is 12.1 Å². The molecular formula is C13H12ClN3O2. The summed E-state index contributed by atoms with van der Waals surface area (Å²) in [5.41, 5.74) is 0.727. The molecule has 2 rings (SSSR count). The third kappa shape index (κ3) is 2.66. The second kappa shape index (κ2) is 5.24. The largest absolute Gasteiger partial charge is 0.477 e. The molecule has 1 aromatic carbocycles. The topological polar surface area (TPSA) is 66.3 Å². The number of aromatic carboxylic acids is 1. The van der Waals surface area contributed by atoms with Crippen molar-refractivity contribution in [3.05, 3.63) is 41.0 Å². The molecule has 0 unspecified atom stereocenters. The minimum Gasteiger partial charge on any atom is -0.477 e. The number of nitrogens with zero attached hydrogens (tertiary/aromatic N) is 3. The fourth-order valence-corrected chi connectivity index (χ4v) is 1.86. The van der Waals surface area contributed by atoms with Gasteiger partial charge in [0.2, 0.25) is 0 Å². The molecule has 1 aromatic heterocycles. The zero-order valence-corrected chi connectivity index (χ0v) is 11.2. The predicted octanol–water partition coefficient (Wildman–Crippen LogP) is 2.56. The van der Waals surface area contributed by atoms with Crippen molar-refractivity contribution in [3.63, 3.8) is 0 Å². The highest BCUT2D eigenvalue weighted by molar-refractivity contribution is 6.33. The highest BCUT2D eigenvalue weighted by Crippen LogP contribution is 2.26. The predicted molar refractivity (Wildman–Crippen MR) is 73.8 cm³/mol. The Morgan fingerprint density at radius 2 is 2.00 bits per heavy atom. The minimum absolute atomic E-state index is 0.0563. The first-order valence-electron chi connectivity index (χ1n) is 5.53. The average molecular weight is 278 g/mol. The lowest BCUT2D eigenvalue weighted by Gasteiger charge is -2.15. The van der Waals surface area contributed by atoms with E-state index in [9.17, 15) is 4.79 Å². The van der Waals surface area contributed by atoms with Gasteiger partial charge in [-0.1, -0.05) is 23.7 Å². The normalized spacial score (nSPS) is 10.3. The van der Waals surface area contributed by atoms with E-state index >= 15 is 0 Å².